The van der Waals surface area contributed by atoms with E-state index in [2.05, 4.69) is 10.0 Å². The van der Waals surface area contributed by atoms with Gasteiger partial charge in [0.2, 0.25) is 0 Å². The molecule has 0 fully saturated rings. The molecule has 0 saturated carbocycles. The van der Waals surface area contributed by atoms with Crippen LogP contribution in [-0.4, -0.2) is 14.4 Å². The van der Waals surface area contributed by atoms with Gasteiger partial charge in [0.1, 0.15) is 0 Å². The first-order chi connectivity index (χ1) is 14.8. The van der Waals surface area contributed by atoms with Crippen molar-refractivity contribution in [1.82, 2.24) is 0 Å². The monoisotopic (exact) mass is 434 g/mol. The van der Waals surface area contributed by atoms with Crippen LogP contribution in [0.1, 0.15) is 29.7 Å². The number of nitrogens with zero attached hydrogens (tertiary/aromatic N) is 1. The van der Waals surface area contributed by atoms with Crippen LogP contribution in [0, 0.1) is 11.3 Å². The Morgan fingerprint density at radius 3 is 2.29 bits per heavy atom. The number of benzene rings is 3. The average molecular weight is 434 g/mol. The summed E-state index contributed by atoms with van der Waals surface area (Å²) in [4.78, 5) is 12.0. The molecule has 0 amide bonds. The van der Waals surface area contributed by atoms with Crippen molar-refractivity contribution in [3.05, 3.63) is 89.5 Å². The van der Waals surface area contributed by atoms with Crippen molar-refractivity contribution in [2.45, 2.75) is 24.3 Å². The molecule has 3 aromatic rings. The molecule has 7 nitrogen and oxygen atoms in total. The fraction of sp³-hybridized carbons (Fsp3) is 0.130. The maximum atomic E-state index is 12.7. The predicted molar refractivity (Wildman–Crippen MR) is 116 cm³/mol. The van der Waals surface area contributed by atoms with Crippen LogP contribution >= 0.6 is 0 Å². The van der Waals surface area contributed by atoms with Gasteiger partial charge in [0.15, 0.2) is 0 Å². The molecule has 0 aromatic heterocycles. The zero-order chi connectivity index (χ0) is 22.4. The Hall–Kier alpha value is -3.83. The Morgan fingerprint density at radius 1 is 1.03 bits per heavy atom. The molecule has 0 spiro atoms. The number of hydrogen-bond donors (Lipinski definition) is 2. The topological polar surface area (TPSA) is 122 Å². The van der Waals surface area contributed by atoms with Gasteiger partial charge in [-0.25, -0.2) is 8.42 Å². The highest BCUT2D eigenvalue weighted by atomic mass is 32.2. The van der Waals surface area contributed by atoms with Gasteiger partial charge in [0.05, 0.1) is 28.5 Å². The van der Waals surface area contributed by atoms with Crippen molar-refractivity contribution in [1.29, 1.82) is 5.26 Å². The minimum absolute atomic E-state index is 0.102. The van der Waals surface area contributed by atoms with E-state index < -0.39 is 22.0 Å². The SMILES string of the molecule is CCc1cc(NS(=O)(=O)c2ccccc2)cc(C(Nc2ccc(C#N)cc2)C(=O)[O-])c1. The number of nitriles is 1. The summed E-state index contributed by atoms with van der Waals surface area (Å²) in [6.45, 7) is 1.89. The van der Waals surface area contributed by atoms with Crippen molar-refractivity contribution in [2.75, 3.05) is 10.0 Å². The van der Waals surface area contributed by atoms with Crippen molar-refractivity contribution < 1.29 is 18.3 Å². The van der Waals surface area contributed by atoms with E-state index in [0.717, 1.165) is 5.56 Å². The molecule has 2 N–H and O–H groups in total. The third-order valence-corrected chi connectivity index (χ3v) is 6.02. The third-order valence-electron chi connectivity index (χ3n) is 4.62. The standard InChI is InChI=1S/C23H21N3O4S/c1-2-16-12-18(22(23(27)28)25-19-10-8-17(15-24)9-11-19)14-20(13-16)26-31(29,30)21-6-4-3-5-7-21/h3-14,22,25-26H,2H2,1H3,(H,27,28)/p-1. The van der Waals surface area contributed by atoms with E-state index in [4.69, 9.17) is 5.26 Å². The zero-order valence-electron chi connectivity index (χ0n) is 16.7. The van der Waals surface area contributed by atoms with E-state index in [-0.39, 0.29) is 10.6 Å². The summed E-state index contributed by atoms with van der Waals surface area (Å²) in [7, 11) is -3.83. The largest absolute Gasteiger partial charge is 0.548 e. The van der Waals surface area contributed by atoms with Gasteiger partial charge >= 0.3 is 0 Å². The summed E-state index contributed by atoms with van der Waals surface area (Å²) in [5.41, 5.74) is 2.29. The summed E-state index contributed by atoms with van der Waals surface area (Å²) in [5, 5.41) is 23.7. The van der Waals surface area contributed by atoms with Crippen LogP contribution in [0.25, 0.3) is 0 Å². The molecule has 0 bridgehead atoms. The summed E-state index contributed by atoms with van der Waals surface area (Å²) in [6, 6.07) is 19.8. The van der Waals surface area contributed by atoms with Crippen LogP contribution in [0.3, 0.4) is 0 Å². The molecule has 158 valence electrons. The maximum Gasteiger partial charge on any atom is 0.261 e. The number of carboxylic acid groups (broad SMARTS) is 1. The van der Waals surface area contributed by atoms with Crippen LogP contribution in [0.15, 0.2) is 77.7 Å². The molecule has 0 aliphatic carbocycles. The van der Waals surface area contributed by atoms with Gasteiger partial charge in [-0.1, -0.05) is 31.2 Å². The van der Waals surface area contributed by atoms with E-state index in [1.807, 2.05) is 13.0 Å². The smallest absolute Gasteiger partial charge is 0.261 e. The molecule has 1 atom stereocenters. The zero-order valence-corrected chi connectivity index (χ0v) is 17.5. The lowest BCUT2D eigenvalue weighted by Gasteiger charge is -2.23. The van der Waals surface area contributed by atoms with Gasteiger partial charge in [-0.05, 0) is 66.1 Å². The van der Waals surface area contributed by atoms with E-state index in [1.165, 1.54) is 18.2 Å². The molecule has 0 aliphatic heterocycles. The van der Waals surface area contributed by atoms with Gasteiger partial charge < -0.3 is 15.2 Å². The second-order valence-electron chi connectivity index (χ2n) is 6.82. The normalized spacial score (nSPS) is 11.9. The fourth-order valence-electron chi connectivity index (χ4n) is 3.05. The first-order valence-electron chi connectivity index (χ1n) is 9.51. The lowest BCUT2D eigenvalue weighted by molar-refractivity contribution is -0.307. The molecule has 1 unspecified atom stereocenters. The van der Waals surface area contributed by atoms with Crippen LogP contribution in [0.2, 0.25) is 0 Å². The Labute approximate surface area is 181 Å². The van der Waals surface area contributed by atoms with Crippen molar-refractivity contribution in [2.24, 2.45) is 0 Å². The van der Waals surface area contributed by atoms with Gasteiger partial charge in [-0.15, -0.1) is 0 Å². The second kappa shape index (κ2) is 9.32. The van der Waals surface area contributed by atoms with Gasteiger partial charge in [-0.3, -0.25) is 4.72 Å². The number of aliphatic carboxylic acids is 1. The number of hydrogen-bond acceptors (Lipinski definition) is 6. The Morgan fingerprint density at radius 2 is 1.71 bits per heavy atom. The van der Waals surface area contributed by atoms with E-state index in [9.17, 15) is 18.3 Å². The fourth-order valence-corrected chi connectivity index (χ4v) is 4.11. The summed E-state index contributed by atoms with van der Waals surface area (Å²) < 4.78 is 27.9. The quantitative estimate of drug-likeness (QED) is 0.562. The number of carbonyl (C=O) groups is 1. The number of carbonyl (C=O) groups excluding carboxylic acids is 1. The molecule has 3 rings (SSSR count). The van der Waals surface area contributed by atoms with Crippen molar-refractivity contribution in [3.8, 4) is 6.07 Å². The number of nitrogens with one attached hydrogen (secondary N) is 2. The lowest BCUT2D eigenvalue weighted by atomic mass is 10.0. The summed E-state index contributed by atoms with van der Waals surface area (Å²) in [5.74, 6) is -1.37. The first-order valence-corrected chi connectivity index (χ1v) is 11.0. The van der Waals surface area contributed by atoms with Crippen molar-refractivity contribution in [3.63, 3.8) is 0 Å². The molecule has 8 heteroatoms. The minimum Gasteiger partial charge on any atom is -0.548 e. The average Bonchev–Trinajstić information content (AvgIpc) is 2.77. The minimum atomic E-state index is -3.83. The third kappa shape index (κ3) is 5.41. The Bertz CT molecular complexity index is 1220. The molecule has 0 aliphatic rings. The highest BCUT2D eigenvalue weighted by molar-refractivity contribution is 7.92. The maximum absolute atomic E-state index is 12.7. The van der Waals surface area contributed by atoms with E-state index in [0.29, 0.717) is 23.2 Å². The highest BCUT2D eigenvalue weighted by Crippen LogP contribution is 2.26. The summed E-state index contributed by atoms with van der Waals surface area (Å²) >= 11 is 0. The van der Waals surface area contributed by atoms with Crippen LogP contribution < -0.4 is 15.1 Å². The number of rotatable bonds is 8. The first kappa shape index (κ1) is 21.9. The van der Waals surface area contributed by atoms with Gasteiger partial charge in [-0.2, -0.15) is 5.26 Å². The lowest BCUT2D eigenvalue weighted by Crippen LogP contribution is -2.34. The number of sulfonamides is 1. The molecular formula is C23H20N3O4S-. The van der Waals surface area contributed by atoms with Crippen LogP contribution in [0.4, 0.5) is 11.4 Å². The number of carboxylic acids is 1. The molecule has 31 heavy (non-hydrogen) atoms. The predicted octanol–water partition coefficient (Wildman–Crippen LogP) is 2.82. The molecule has 0 saturated heterocycles. The number of anilines is 2. The highest BCUT2D eigenvalue weighted by Gasteiger charge is 2.18. The van der Waals surface area contributed by atoms with E-state index >= 15 is 0 Å². The summed E-state index contributed by atoms with van der Waals surface area (Å²) in [6.07, 6.45) is 0.574. The van der Waals surface area contributed by atoms with Crippen LogP contribution in [-0.2, 0) is 21.2 Å². The molecule has 0 heterocycles. The Kier molecular flexibility index (Phi) is 6.58. The van der Waals surface area contributed by atoms with Crippen molar-refractivity contribution >= 4 is 27.4 Å². The molecule has 0 radical (unpaired) electrons. The second-order valence-corrected chi connectivity index (χ2v) is 8.50. The van der Waals surface area contributed by atoms with Gasteiger partial charge in [0, 0.05) is 11.4 Å². The van der Waals surface area contributed by atoms with Gasteiger partial charge in [0.25, 0.3) is 10.0 Å². The van der Waals surface area contributed by atoms with E-state index in [1.54, 1.807) is 54.6 Å². The number of aryl methyl sites for hydroxylation is 1. The Balaban J connectivity index is 1.95. The molecular weight excluding hydrogens is 414 g/mol. The molecule has 3 aromatic carbocycles. The van der Waals surface area contributed by atoms with Crippen LogP contribution in [0.5, 0.6) is 0 Å².